The Morgan fingerprint density at radius 3 is 2.79 bits per heavy atom. The Hall–Kier alpha value is -0.350. The molecule has 3 nitrogen and oxygen atoms in total. The maximum atomic E-state index is 4.55. The third kappa shape index (κ3) is 3.60. The van der Waals surface area contributed by atoms with Crippen LogP contribution in [0.1, 0.15) is 57.3 Å². The van der Waals surface area contributed by atoms with Crippen LogP contribution in [0.4, 0.5) is 0 Å². The van der Waals surface area contributed by atoms with Gasteiger partial charge in [0.15, 0.2) is 0 Å². The van der Waals surface area contributed by atoms with Crippen LogP contribution in [0.3, 0.4) is 0 Å². The average Bonchev–Trinajstić information content (AvgIpc) is 2.71. The van der Waals surface area contributed by atoms with Gasteiger partial charge in [0.05, 0.1) is 15.9 Å². The fourth-order valence-electron chi connectivity index (χ4n) is 3.10. The molecule has 0 bridgehead atoms. The quantitative estimate of drug-likeness (QED) is 0.891. The van der Waals surface area contributed by atoms with Gasteiger partial charge in [-0.1, -0.05) is 33.1 Å². The van der Waals surface area contributed by atoms with Crippen molar-refractivity contribution in [1.82, 2.24) is 15.1 Å². The van der Waals surface area contributed by atoms with E-state index in [1.54, 1.807) is 0 Å². The molecule has 0 amide bonds. The SMILES string of the molecule is CCc1nn(C)c(CNC2CCCC(CC)C2)c1Br. The van der Waals surface area contributed by atoms with Crippen molar-refractivity contribution in [2.75, 3.05) is 0 Å². The van der Waals surface area contributed by atoms with E-state index < -0.39 is 0 Å². The molecule has 1 aliphatic carbocycles. The van der Waals surface area contributed by atoms with Crippen LogP contribution in [0, 0.1) is 5.92 Å². The molecule has 1 fully saturated rings. The fraction of sp³-hybridized carbons (Fsp3) is 0.800. The van der Waals surface area contributed by atoms with Crippen LogP contribution in [-0.4, -0.2) is 15.8 Å². The average molecular weight is 328 g/mol. The second kappa shape index (κ2) is 6.89. The Morgan fingerprint density at radius 1 is 1.37 bits per heavy atom. The molecule has 1 N–H and O–H groups in total. The van der Waals surface area contributed by atoms with Crippen molar-refractivity contribution in [2.24, 2.45) is 13.0 Å². The van der Waals surface area contributed by atoms with Crippen molar-refractivity contribution in [1.29, 1.82) is 0 Å². The van der Waals surface area contributed by atoms with Crippen LogP contribution in [-0.2, 0) is 20.0 Å². The molecule has 108 valence electrons. The van der Waals surface area contributed by atoms with E-state index in [2.05, 4.69) is 40.2 Å². The highest BCUT2D eigenvalue weighted by Gasteiger charge is 2.21. The molecule has 2 rings (SSSR count). The van der Waals surface area contributed by atoms with Crippen molar-refractivity contribution < 1.29 is 0 Å². The topological polar surface area (TPSA) is 29.9 Å². The summed E-state index contributed by atoms with van der Waals surface area (Å²) < 4.78 is 3.20. The predicted molar refractivity (Wildman–Crippen MR) is 83.2 cm³/mol. The first-order valence-corrected chi connectivity index (χ1v) is 8.38. The maximum Gasteiger partial charge on any atom is 0.0767 e. The van der Waals surface area contributed by atoms with Crippen LogP contribution in [0.15, 0.2) is 4.47 Å². The lowest BCUT2D eigenvalue weighted by molar-refractivity contribution is 0.277. The van der Waals surface area contributed by atoms with Gasteiger partial charge in [0.25, 0.3) is 0 Å². The summed E-state index contributed by atoms with van der Waals surface area (Å²) in [6.45, 7) is 5.39. The first-order valence-electron chi connectivity index (χ1n) is 7.59. The molecular weight excluding hydrogens is 302 g/mol. The number of hydrogen-bond donors (Lipinski definition) is 1. The van der Waals surface area contributed by atoms with Gasteiger partial charge in [0, 0.05) is 19.6 Å². The predicted octanol–water partition coefficient (Wildman–Crippen LogP) is 3.80. The zero-order valence-electron chi connectivity index (χ0n) is 12.4. The molecule has 0 radical (unpaired) electrons. The Bertz CT molecular complexity index is 414. The Kier molecular flexibility index (Phi) is 5.46. The molecule has 1 aliphatic rings. The summed E-state index contributed by atoms with van der Waals surface area (Å²) in [6.07, 6.45) is 7.77. The number of rotatable bonds is 5. The van der Waals surface area contributed by atoms with Crippen molar-refractivity contribution in [2.45, 2.75) is 65.0 Å². The molecule has 1 heterocycles. The summed E-state index contributed by atoms with van der Waals surface area (Å²) in [6, 6.07) is 0.686. The Morgan fingerprint density at radius 2 is 2.16 bits per heavy atom. The normalized spacial score (nSPS) is 23.8. The molecule has 2 unspecified atom stereocenters. The Balaban J connectivity index is 1.93. The van der Waals surface area contributed by atoms with Crippen LogP contribution in [0.5, 0.6) is 0 Å². The van der Waals surface area contributed by atoms with E-state index in [0.29, 0.717) is 6.04 Å². The zero-order valence-corrected chi connectivity index (χ0v) is 14.0. The summed E-state index contributed by atoms with van der Waals surface area (Å²) >= 11 is 3.69. The molecule has 1 aromatic rings. The molecule has 19 heavy (non-hydrogen) atoms. The highest BCUT2D eigenvalue weighted by molar-refractivity contribution is 9.10. The minimum absolute atomic E-state index is 0.686. The minimum atomic E-state index is 0.686. The molecule has 0 aliphatic heterocycles. The van der Waals surface area contributed by atoms with E-state index in [4.69, 9.17) is 0 Å². The molecule has 0 saturated heterocycles. The molecule has 4 heteroatoms. The summed E-state index contributed by atoms with van der Waals surface area (Å²) in [5.41, 5.74) is 2.44. The number of nitrogens with one attached hydrogen (secondary N) is 1. The van der Waals surface area contributed by atoms with E-state index in [-0.39, 0.29) is 0 Å². The molecule has 0 spiro atoms. The van der Waals surface area contributed by atoms with Crippen molar-refractivity contribution in [3.05, 3.63) is 15.9 Å². The largest absolute Gasteiger partial charge is 0.308 e. The van der Waals surface area contributed by atoms with E-state index in [1.165, 1.54) is 42.3 Å². The van der Waals surface area contributed by atoms with Crippen LogP contribution in [0.2, 0.25) is 0 Å². The van der Waals surface area contributed by atoms with Crippen molar-refractivity contribution in [3.63, 3.8) is 0 Å². The third-order valence-electron chi connectivity index (χ3n) is 4.42. The molecule has 2 atom stereocenters. The van der Waals surface area contributed by atoms with Crippen molar-refractivity contribution in [3.8, 4) is 0 Å². The number of halogens is 1. The lowest BCUT2D eigenvalue weighted by atomic mass is 9.84. The standard InChI is InChI=1S/C15H26BrN3/c1-4-11-7-6-8-12(9-11)17-10-14-15(16)13(5-2)18-19(14)3/h11-12,17H,4-10H2,1-3H3. The van der Waals surface area contributed by atoms with Gasteiger partial charge >= 0.3 is 0 Å². The van der Waals surface area contributed by atoms with Gasteiger partial charge in [-0.2, -0.15) is 5.10 Å². The van der Waals surface area contributed by atoms with Crippen LogP contribution >= 0.6 is 15.9 Å². The molecular formula is C15H26BrN3. The van der Waals surface area contributed by atoms with E-state index in [9.17, 15) is 0 Å². The maximum absolute atomic E-state index is 4.55. The second-order valence-electron chi connectivity index (χ2n) is 5.70. The molecule has 1 saturated carbocycles. The number of hydrogen-bond acceptors (Lipinski definition) is 2. The highest BCUT2D eigenvalue weighted by atomic mass is 79.9. The third-order valence-corrected chi connectivity index (χ3v) is 5.34. The summed E-state index contributed by atoms with van der Waals surface area (Å²) in [5.74, 6) is 0.924. The summed E-state index contributed by atoms with van der Waals surface area (Å²) in [5, 5.41) is 8.28. The number of aryl methyl sites for hydroxylation is 2. The lowest BCUT2D eigenvalue weighted by Crippen LogP contribution is -2.34. The van der Waals surface area contributed by atoms with E-state index in [1.807, 2.05) is 11.7 Å². The van der Waals surface area contributed by atoms with Gasteiger partial charge < -0.3 is 5.32 Å². The minimum Gasteiger partial charge on any atom is -0.308 e. The summed E-state index contributed by atoms with van der Waals surface area (Å²) in [7, 11) is 2.04. The Labute approximate surface area is 125 Å². The molecule has 0 aromatic carbocycles. The van der Waals surface area contributed by atoms with Gasteiger partial charge in [-0.05, 0) is 41.1 Å². The second-order valence-corrected chi connectivity index (χ2v) is 6.50. The van der Waals surface area contributed by atoms with Crippen LogP contribution < -0.4 is 5.32 Å². The van der Waals surface area contributed by atoms with Gasteiger partial charge in [0.2, 0.25) is 0 Å². The number of nitrogens with zero attached hydrogens (tertiary/aromatic N) is 2. The van der Waals surface area contributed by atoms with Gasteiger partial charge in [-0.3, -0.25) is 4.68 Å². The number of aromatic nitrogens is 2. The van der Waals surface area contributed by atoms with E-state index >= 15 is 0 Å². The first kappa shape index (κ1) is 15.0. The lowest BCUT2D eigenvalue weighted by Gasteiger charge is -2.29. The van der Waals surface area contributed by atoms with E-state index in [0.717, 1.165) is 24.6 Å². The molecule has 1 aromatic heterocycles. The first-order chi connectivity index (χ1) is 9.15. The van der Waals surface area contributed by atoms with Gasteiger partial charge in [-0.15, -0.1) is 0 Å². The van der Waals surface area contributed by atoms with Gasteiger partial charge in [-0.25, -0.2) is 0 Å². The summed E-state index contributed by atoms with van der Waals surface area (Å²) in [4.78, 5) is 0. The smallest absolute Gasteiger partial charge is 0.0767 e. The zero-order chi connectivity index (χ0) is 13.8. The monoisotopic (exact) mass is 327 g/mol. The van der Waals surface area contributed by atoms with Gasteiger partial charge in [0.1, 0.15) is 0 Å². The highest BCUT2D eigenvalue weighted by Crippen LogP contribution is 2.27. The van der Waals surface area contributed by atoms with Crippen molar-refractivity contribution >= 4 is 15.9 Å². The fourth-order valence-corrected chi connectivity index (χ4v) is 3.86. The van der Waals surface area contributed by atoms with Crippen LogP contribution in [0.25, 0.3) is 0 Å².